The van der Waals surface area contributed by atoms with Crippen molar-refractivity contribution in [2.75, 3.05) is 18.9 Å². The number of hydrogen-bond donors (Lipinski definition) is 3. The normalized spacial score (nSPS) is 9.62. The fraction of sp³-hybridized carbons (Fsp3) is 0.200. The number of benzene rings is 2. The molecule has 0 saturated heterocycles. The standard InChI is InChI=1S/C20H20ClN3O2/c1-22-19(25)13-12-16-10-8-15(9-11-16)5-4-14-23-20(26)24-18-7-3-2-6-17(18)21/h2-3,6-11H,12-14H2,1H3,(H,22,25)(H2,23,24,26). The molecule has 0 atom stereocenters. The number of halogens is 1. The molecule has 0 bridgehead atoms. The van der Waals surface area contributed by atoms with Crippen molar-refractivity contribution in [3.63, 3.8) is 0 Å². The van der Waals surface area contributed by atoms with E-state index < -0.39 is 0 Å². The van der Waals surface area contributed by atoms with Gasteiger partial charge in [-0.1, -0.05) is 47.7 Å². The fourth-order valence-electron chi connectivity index (χ4n) is 2.14. The number of nitrogens with one attached hydrogen (secondary N) is 3. The molecular formula is C20H20ClN3O2. The van der Waals surface area contributed by atoms with Gasteiger partial charge in [0.05, 0.1) is 17.3 Å². The minimum atomic E-state index is -0.364. The van der Waals surface area contributed by atoms with Crippen molar-refractivity contribution in [3.05, 3.63) is 64.7 Å². The van der Waals surface area contributed by atoms with Crippen molar-refractivity contribution in [2.45, 2.75) is 12.8 Å². The van der Waals surface area contributed by atoms with Crippen LogP contribution >= 0.6 is 11.6 Å². The third kappa shape index (κ3) is 6.50. The van der Waals surface area contributed by atoms with Gasteiger partial charge in [-0.25, -0.2) is 4.79 Å². The molecule has 5 nitrogen and oxygen atoms in total. The van der Waals surface area contributed by atoms with E-state index in [2.05, 4.69) is 27.8 Å². The summed E-state index contributed by atoms with van der Waals surface area (Å²) >= 11 is 5.98. The van der Waals surface area contributed by atoms with Crippen LogP contribution < -0.4 is 16.0 Å². The molecule has 3 amide bonds. The predicted molar refractivity (Wildman–Crippen MR) is 104 cm³/mol. The number of carbonyl (C=O) groups excluding carboxylic acids is 2. The summed E-state index contributed by atoms with van der Waals surface area (Å²) in [5, 5.41) is 8.39. The molecule has 0 spiro atoms. The maximum Gasteiger partial charge on any atom is 0.320 e. The Hall–Kier alpha value is -2.97. The van der Waals surface area contributed by atoms with Crippen molar-refractivity contribution >= 4 is 29.2 Å². The van der Waals surface area contributed by atoms with Crippen LogP contribution in [0.2, 0.25) is 5.02 Å². The van der Waals surface area contributed by atoms with Gasteiger partial charge in [-0.2, -0.15) is 0 Å². The molecule has 0 saturated carbocycles. The van der Waals surface area contributed by atoms with E-state index in [1.807, 2.05) is 24.3 Å². The van der Waals surface area contributed by atoms with E-state index in [-0.39, 0.29) is 18.5 Å². The highest BCUT2D eigenvalue weighted by Gasteiger charge is 2.03. The zero-order valence-electron chi connectivity index (χ0n) is 14.4. The molecule has 0 heterocycles. The highest BCUT2D eigenvalue weighted by molar-refractivity contribution is 6.33. The second kappa shape index (κ2) is 10.1. The van der Waals surface area contributed by atoms with Gasteiger partial charge in [0, 0.05) is 19.0 Å². The molecule has 134 valence electrons. The minimum absolute atomic E-state index is 0.0232. The Labute approximate surface area is 158 Å². The summed E-state index contributed by atoms with van der Waals surface area (Å²) in [6, 6.07) is 14.3. The van der Waals surface area contributed by atoms with Crippen LogP contribution in [0.1, 0.15) is 17.5 Å². The lowest BCUT2D eigenvalue weighted by atomic mass is 10.1. The number of anilines is 1. The predicted octanol–water partition coefficient (Wildman–Crippen LogP) is 3.19. The molecule has 0 unspecified atom stereocenters. The molecule has 0 aromatic heterocycles. The molecule has 0 aliphatic carbocycles. The van der Waals surface area contributed by atoms with Crippen LogP contribution in [0.15, 0.2) is 48.5 Å². The lowest BCUT2D eigenvalue weighted by molar-refractivity contribution is -0.120. The first-order valence-corrected chi connectivity index (χ1v) is 8.54. The zero-order valence-corrected chi connectivity index (χ0v) is 15.2. The summed E-state index contributed by atoms with van der Waals surface area (Å²) in [5.41, 5.74) is 2.48. The van der Waals surface area contributed by atoms with Gasteiger partial charge in [0.1, 0.15) is 0 Å². The Bertz CT molecular complexity index is 823. The summed E-state index contributed by atoms with van der Waals surface area (Å²) < 4.78 is 0. The number of hydrogen-bond acceptors (Lipinski definition) is 2. The fourth-order valence-corrected chi connectivity index (χ4v) is 2.32. The van der Waals surface area contributed by atoms with E-state index >= 15 is 0 Å². The average Bonchev–Trinajstić information content (AvgIpc) is 2.66. The largest absolute Gasteiger partial charge is 0.359 e. The van der Waals surface area contributed by atoms with Gasteiger partial charge in [0.25, 0.3) is 0 Å². The molecule has 26 heavy (non-hydrogen) atoms. The molecule has 0 aliphatic rings. The Morgan fingerprint density at radius 2 is 1.81 bits per heavy atom. The van der Waals surface area contributed by atoms with Gasteiger partial charge in [-0.3, -0.25) is 4.79 Å². The Balaban J connectivity index is 1.78. The third-order valence-electron chi connectivity index (χ3n) is 3.57. The smallest absolute Gasteiger partial charge is 0.320 e. The van der Waals surface area contributed by atoms with Crippen molar-refractivity contribution in [2.24, 2.45) is 0 Å². The van der Waals surface area contributed by atoms with Crippen LogP contribution in [0.4, 0.5) is 10.5 Å². The summed E-state index contributed by atoms with van der Waals surface area (Å²) in [5.74, 6) is 5.90. The first-order chi connectivity index (χ1) is 12.6. The lowest BCUT2D eigenvalue weighted by Gasteiger charge is -2.06. The van der Waals surface area contributed by atoms with Gasteiger partial charge >= 0.3 is 6.03 Å². The van der Waals surface area contributed by atoms with Gasteiger partial charge in [0.15, 0.2) is 0 Å². The first-order valence-electron chi connectivity index (χ1n) is 8.16. The third-order valence-corrected chi connectivity index (χ3v) is 3.90. The van der Waals surface area contributed by atoms with Crippen LogP contribution in [-0.2, 0) is 11.2 Å². The Kier molecular flexibility index (Phi) is 7.53. The average molecular weight is 370 g/mol. The Morgan fingerprint density at radius 1 is 1.08 bits per heavy atom. The molecule has 2 aromatic rings. The van der Waals surface area contributed by atoms with Crippen molar-refractivity contribution in [3.8, 4) is 11.8 Å². The zero-order chi connectivity index (χ0) is 18.8. The monoisotopic (exact) mass is 369 g/mol. The molecule has 0 aliphatic heterocycles. The quantitative estimate of drug-likeness (QED) is 0.708. The maximum atomic E-state index is 11.8. The molecule has 0 radical (unpaired) electrons. The van der Waals surface area contributed by atoms with E-state index in [0.29, 0.717) is 23.6 Å². The second-order valence-electron chi connectivity index (χ2n) is 5.46. The molecule has 2 aromatic carbocycles. The summed E-state index contributed by atoms with van der Waals surface area (Å²) in [6.07, 6.45) is 1.16. The summed E-state index contributed by atoms with van der Waals surface area (Å²) in [4.78, 5) is 23.0. The van der Waals surface area contributed by atoms with Gasteiger partial charge < -0.3 is 16.0 Å². The number of rotatable bonds is 5. The van der Waals surface area contributed by atoms with Crippen molar-refractivity contribution in [1.29, 1.82) is 0 Å². The SMILES string of the molecule is CNC(=O)CCc1ccc(C#CCNC(=O)Nc2ccccc2Cl)cc1. The summed E-state index contributed by atoms with van der Waals surface area (Å²) in [7, 11) is 1.63. The molecule has 6 heteroatoms. The second-order valence-corrected chi connectivity index (χ2v) is 5.87. The van der Waals surface area contributed by atoms with Gasteiger partial charge in [0.2, 0.25) is 5.91 Å². The van der Waals surface area contributed by atoms with E-state index in [1.165, 1.54) is 0 Å². The van der Waals surface area contributed by atoms with E-state index in [1.54, 1.807) is 31.3 Å². The van der Waals surface area contributed by atoms with Crippen molar-refractivity contribution in [1.82, 2.24) is 10.6 Å². The molecular weight excluding hydrogens is 350 g/mol. The van der Waals surface area contributed by atoms with Gasteiger partial charge in [-0.05, 0) is 36.2 Å². The van der Waals surface area contributed by atoms with Crippen LogP contribution in [0, 0.1) is 11.8 Å². The van der Waals surface area contributed by atoms with Gasteiger partial charge in [-0.15, -0.1) is 0 Å². The van der Waals surface area contributed by atoms with Crippen molar-refractivity contribution < 1.29 is 9.59 Å². The van der Waals surface area contributed by atoms with E-state index in [4.69, 9.17) is 11.6 Å². The van der Waals surface area contributed by atoms with Crippen LogP contribution in [0.25, 0.3) is 0 Å². The van der Waals surface area contributed by atoms with Crippen LogP contribution in [-0.4, -0.2) is 25.5 Å². The van der Waals surface area contributed by atoms with E-state index in [9.17, 15) is 9.59 Å². The molecule has 2 rings (SSSR count). The Morgan fingerprint density at radius 3 is 2.50 bits per heavy atom. The number of para-hydroxylation sites is 1. The minimum Gasteiger partial charge on any atom is -0.359 e. The topological polar surface area (TPSA) is 70.2 Å². The number of carbonyl (C=O) groups is 2. The lowest BCUT2D eigenvalue weighted by Crippen LogP contribution is -2.29. The molecule has 0 fully saturated rings. The highest BCUT2D eigenvalue weighted by Crippen LogP contribution is 2.19. The number of amides is 3. The molecule has 3 N–H and O–H groups in total. The first kappa shape index (κ1) is 19.4. The number of urea groups is 1. The van der Waals surface area contributed by atoms with E-state index in [0.717, 1.165) is 11.1 Å². The number of aryl methyl sites for hydroxylation is 1. The summed E-state index contributed by atoms with van der Waals surface area (Å²) in [6.45, 7) is 0.217. The van der Waals surface area contributed by atoms with Crippen LogP contribution in [0.3, 0.4) is 0 Å². The maximum absolute atomic E-state index is 11.8. The van der Waals surface area contributed by atoms with Crippen LogP contribution in [0.5, 0.6) is 0 Å². The highest BCUT2D eigenvalue weighted by atomic mass is 35.5.